The second-order valence-corrected chi connectivity index (χ2v) is 36.6. The number of fused-ring (bicyclic) bond motifs is 6. The van der Waals surface area contributed by atoms with E-state index in [0.717, 1.165) is 151 Å². The molecular formula is C96H94F3N11O11S2. The second kappa shape index (κ2) is 35.0. The number of hydrogen-bond acceptors (Lipinski definition) is 17. The Kier molecular flexibility index (Phi) is 24.4. The number of benzene rings is 9. The average molecular weight is 1700 g/mol. The number of nitrogens with zero attached hydrogens (tertiary/aromatic N) is 8. The largest absolute Gasteiger partial charge is 0.384 e. The molecule has 1 saturated heterocycles. The molecule has 4 aromatic heterocycles. The lowest BCUT2D eigenvalue weighted by Gasteiger charge is -2.36. The number of aromatic nitrogens is 5. The number of ketones is 1. The first-order chi connectivity index (χ1) is 58.8. The first kappa shape index (κ1) is 85.8. The predicted octanol–water partition coefficient (Wildman–Crippen LogP) is 17.0. The molecule has 0 saturated carbocycles. The Morgan fingerprint density at radius 2 is 0.862 bits per heavy atom. The summed E-state index contributed by atoms with van der Waals surface area (Å²) in [5, 5.41) is 29.1. The molecule has 0 spiro atoms. The summed E-state index contributed by atoms with van der Waals surface area (Å²) in [4.78, 5) is 63.2. The van der Waals surface area contributed by atoms with E-state index in [1.165, 1.54) is 43.3 Å². The van der Waals surface area contributed by atoms with Gasteiger partial charge in [0.15, 0.2) is 5.78 Å². The molecule has 0 unspecified atom stereocenters. The van der Waals surface area contributed by atoms with E-state index in [-0.39, 0.29) is 64.3 Å². The van der Waals surface area contributed by atoms with E-state index in [1.807, 2.05) is 67.2 Å². The molecule has 17 rings (SSSR count). The number of carbonyl (C=O) groups excluding carboxylic acids is 4. The van der Waals surface area contributed by atoms with E-state index in [4.69, 9.17) is 18.9 Å². The zero-order valence-electron chi connectivity index (χ0n) is 70.1. The zero-order chi connectivity index (χ0) is 87.0. The summed E-state index contributed by atoms with van der Waals surface area (Å²) in [5.41, 5.74) is 20.2. The van der Waals surface area contributed by atoms with Gasteiger partial charge in [-0.3, -0.25) is 39.5 Å². The van der Waals surface area contributed by atoms with E-state index in [1.54, 1.807) is 82.0 Å². The number of ether oxygens (including phenoxy) is 4. The number of Topliss-reactive ketones (excluding diaryl/α,β-unsaturated/α-hetero) is 1. The molecule has 0 radical (unpaired) electrons. The van der Waals surface area contributed by atoms with E-state index in [9.17, 15) is 45.9 Å². The van der Waals surface area contributed by atoms with Crippen molar-refractivity contribution in [2.75, 3.05) is 79.0 Å². The van der Waals surface area contributed by atoms with E-state index in [0.29, 0.717) is 75.5 Å². The van der Waals surface area contributed by atoms with Crippen molar-refractivity contribution in [1.82, 2.24) is 34.5 Å². The Balaban J connectivity index is 0.000000143. The molecule has 0 aliphatic carbocycles. The molecule has 0 atom stereocenters. The van der Waals surface area contributed by atoms with Crippen LogP contribution in [-0.4, -0.2) is 159 Å². The van der Waals surface area contributed by atoms with Crippen molar-refractivity contribution in [2.24, 2.45) is 15.0 Å². The average Bonchev–Trinajstić information content (AvgIpc) is 1.58. The lowest BCUT2D eigenvalue weighted by atomic mass is 9.84. The molecule has 3 amide bonds. The number of carbonyl (C=O) groups is 4. The van der Waals surface area contributed by atoms with Gasteiger partial charge in [-0.05, 0) is 190 Å². The van der Waals surface area contributed by atoms with Gasteiger partial charge < -0.3 is 48.4 Å². The summed E-state index contributed by atoms with van der Waals surface area (Å²) in [5.74, 6) is -1.65. The third kappa shape index (κ3) is 17.8. The third-order valence-electron chi connectivity index (χ3n) is 22.4. The molecule has 22 nitrogen and oxygen atoms in total. The number of anilines is 1. The van der Waals surface area contributed by atoms with Crippen LogP contribution >= 0.6 is 11.3 Å². The van der Waals surface area contributed by atoms with Gasteiger partial charge in [0.1, 0.15) is 23.1 Å². The topological polar surface area (TPSA) is 273 Å². The molecular weight excluding hydrogens is 1600 g/mol. The van der Waals surface area contributed by atoms with Crippen LogP contribution in [0.5, 0.6) is 0 Å². The Hall–Kier alpha value is -12.2. The number of amides is 3. The molecule has 4 aliphatic heterocycles. The van der Waals surface area contributed by atoms with Crippen LogP contribution in [0.1, 0.15) is 143 Å². The molecule has 27 heteroatoms. The summed E-state index contributed by atoms with van der Waals surface area (Å²) >= 11 is 0.794. The predicted molar refractivity (Wildman–Crippen MR) is 476 cm³/mol. The van der Waals surface area contributed by atoms with E-state index in [2.05, 4.69) is 133 Å². The molecule has 9 aromatic carbocycles. The molecule has 4 N–H and O–H groups in total. The summed E-state index contributed by atoms with van der Waals surface area (Å²) in [6, 6.07) is 55.0. The number of methoxy groups -OCH3 is 3. The maximum atomic E-state index is 14.0. The van der Waals surface area contributed by atoms with Gasteiger partial charge in [0.2, 0.25) is 25.2 Å². The standard InChI is InChI=1S/C33H34FN3O3.C32H32FN3O4.C31H28FN5O4S2/c1-21(38)36-15-5-6-30(39)22-7-9-23(10-8-22)31-28-16-24-18-35-19-25(24)17-29(28)37(27-13-11-26(34)12-14-27)32(31)33(2,3)20-40-4;1-31(2,17-39-3)29-28(20-4-6-21(7-5-20)30(37)35-16-32(38)18-40-19-32)26-12-22-14-34-15-23(22)13-27(26)36(29)25-10-8-24(33)9-11-25;1-31(2,17-41-3)27-26(18-5-7-19(8-6-18)28(38)34-29-35-36-30(42-29)43(4,39)40)24-13-20-15-33-16-21(20)14-25(24)37(27)23-11-9-22(32)10-12-23/h7-14,16-17,19H,5-6,15,18,20H2,1-4H3,(H,36,38);4-13,15,38H,14,16-19H2,1-3H3,(H,35,37);5-14,16H,15,17H2,1-4H3,(H,34,35,38). The first-order valence-corrected chi connectivity index (χ1v) is 43.0. The van der Waals surface area contributed by atoms with Gasteiger partial charge in [-0.2, -0.15) is 0 Å². The maximum Gasteiger partial charge on any atom is 0.257 e. The number of halogens is 3. The van der Waals surface area contributed by atoms with Crippen LogP contribution in [0.3, 0.4) is 0 Å². The summed E-state index contributed by atoms with van der Waals surface area (Å²) in [6.07, 6.45) is 7.67. The normalized spacial score (nSPS) is 13.8. The van der Waals surface area contributed by atoms with E-state index < -0.39 is 37.6 Å². The Bertz CT molecular complexity index is 6470. The first-order valence-electron chi connectivity index (χ1n) is 40.3. The molecule has 123 heavy (non-hydrogen) atoms. The quantitative estimate of drug-likeness (QED) is 0.0223. The number of rotatable bonds is 26. The van der Waals surface area contributed by atoms with Crippen molar-refractivity contribution in [1.29, 1.82) is 0 Å². The SMILES string of the molecule is COCC(C)(C)c1c(-c2ccc(C(=O)CCCNC(C)=O)cc2)c2cc3c(cc2n1-c1ccc(F)cc1)C=NC3.COCC(C)(C)c1c(-c2ccc(C(=O)NCC3(O)COC3)cc2)c2cc3c(cc2n1-c1ccc(F)cc1)C=NC3.COCC(C)(C)c1c(-c2ccc(C(=O)Nc3nnc(S(C)(=O)=O)s3)cc2)c2cc3c(cc2n1-c1ccc(F)cc1)C=NC3. The zero-order valence-corrected chi connectivity index (χ0v) is 71.7. The highest BCUT2D eigenvalue weighted by molar-refractivity contribution is 7.92. The smallest absolute Gasteiger partial charge is 0.257 e. The highest BCUT2D eigenvalue weighted by atomic mass is 32.2. The van der Waals surface area contributed by atoms with Crippen molar-refractivity contribution in [3.8, 4) is 50.4 Å². The van der Waals surface area contributed by atoms with Gasteiger partial charge >= 0.3 is 0 Å². The molecule has 8 heterocycles. The van der Waals surface area contributed by atoms with Gasteiger partial charge in [0, 0.05) is 166 Å². The monoisotopic (exact) mass is 1700 g/mol. The van der Waals surface area contributed by atoms with Gasteiger partial charge in [-0.1, -0.05) is 101 Å². The lowest BCUT2D eigenvalue weighted by molar-refractivity contribution is -0.173. The number of hydrogen-bond donors (Lipinski definition) is 4. The highest BCUT2D eigenvalue weighted by Gasteiger charge is 2.39. The van der Waals surface area contributed by atoms with Crippen LogP contribution < -0.4 is 16.0 Å². The van der Waals surface area contributed by atoms with Crippen LogP contribution in [0.25, 0.3) is 83.2 Å². The Morgan fingerprint density at radius 1 is 0.504 bits per heavy atom. The van der Waals surface area contributed by atoms with Crippen LogP contribution in [0.15, 0.2) is 201 Å². The summed E-state index contributed by atoms with van der Waals surface area (Å²) in [7, 11) is 1.53. The van der Waals surface area contributed by atoms with Crippen LogP contribution in [0.2, 0.25) is 0 Å². The molecule has 13 aromatic rings. The fraction of sp³-hybridized carbons (Fsp3) is 0.281. The van der Waals surface area contributed by atoms with Crippen molar-refractivity contribution in [2.45, 2.75) is 107 Å². The number of aliphatic hydroxyl groups is 1. The maximum absolute atomic E-state index is 14.0. The lowest BCUT2D eigenvalue weighted by Crippen LogP contribution is -2.56. The highest BCUT2D eigenvalue weighted by Crippen LogP contribution is 2.49. The third-order valence-corrected chi connectivity index (χ3v) is 24.9. The summed E-state index contributed by atoms with van der Waals surface area (Å²) in [6.45, 7) is 18.5. The minimum Gasteiger partial charge on any atom is -0.384 e. The second-order valence-electron chi connectivity index (χ2n) is 33.4. The van der Waals surface area contributed by atoms with Gasteiger partial charge in [0.05, 0.1) is 75.8 Å². The van der Waals surface area contributed by atoms with Crippen molar-refractivity contribution in [3.63, 3.8) is 0 Å². The van der Waals surface area contributed by atoms with E-state index >= 15 is 0 Å². The minimum atomic E-state index is -3.53. The molecule has 632 valence electrons. The fourth-order valence-corrected chi connectivity index (χ4v) is 18.3. The Labute approximate surface area is 714 Å². The summed E-state index contributed by atoms with van der Waals surface area (Å²) < 4.78 is 93.9. The molecule has 4 aliphatic rings. The molecule has 0 bridgehead atoms. The number of sulfone groups is 1. The van der Waals surface area contributed by atoms with Crippen LogP contribution in [0.4, 0.5) is 18.3 Å². The molecule has 1 fully saturated rings. The fourth-order valence-electron chi connectivity index (χ4n) is 16.8. The van der Waals surface area contributed by atoms with Crippen molar-refractivity contribution >= 4 is 101 Å². The number of aliphatic imine (C=N–C) groups is 3. The van der Waals surface area contributed by atoms with Crippen molar-refractivity contribution in [3.05, 3.63) is 267 Å². The van der Waals surface area contributed by atoms with Gasteiger partial charge in [-0.15, -0.1) is 10.2 Å². The van der Waals surface area contributed by atoms with Crippen LogP contribution in [0, 0.1) is 17.5 Å². The Morgan fingerprint density at radius 3 is 1.19 bits per heavy atom. The van der Waals surface area contributed by atoms with Crippen LogP contribution in [-0.2, 0) is 69.5 Å². The van der Waals surface area contributed by atoms with Crippen molar-refractivity contribution < 1.29 is 64.8 Å². The minimum absolute atomic E-state index is 0.0422. The van der Waals surface area contributed by atoms with Gasteiger partial charge in [-0.25, -0.2) is 21.6 Å². The van der Waals surface area contributed by atoms with Gasteiger partial charge in [0.25, 0.3) is 11.8 Å². The number of nitrogens with one attached hydrogen (secondary N) is 3.